The van der Waals surface area contributed by atoms with E-state index in [1.807, 2.05) is 13.0 Å². The van der Waals surface area contributed by atoms with Crippen molar-refractivity contribution in [3.05, 3.63) is 11.6 Å². The number of ether oxygens (including phenoxy) is 2. The van der Waals surface area contributed by atoms with E-state index in [1.165, 1.54) is 32.1 Å². The predicted octanol–water partition coefficient (Wildman–Crippen LogP) is -0.0863. The maximum atomic E-state index is 14.3. The van der Waals surface area contributed by atoms with Crippen LogP contribution in [0.2, 0.25) is 0 Å². The molecule has 8 atom stereocenters. The van der Waals surface area contributed by atoms with E-state index in [0.29, 0.717) is 31.1 Å². The van der Waals surface area contributed by atoms with Gasteiger partial charge in [-0.2, -0.15) is 0 Å². The Bertz CT molecular complexity index is 1220. The molecule has 5 fully saturated rings. The second kappa shape index (κ2) is 17.2. The van der Waals surface area contributed by atoms with Gasteiger partial charge in [-0.25, -0.2) is 4.79 Å². The van der Waals surface area contributed by atoms with Crippen molar-refractivity contribution < 1.29 is 39.5 Å². The molecule has 3 aliphatic carbocycles. The summed E-state index contributed by atoms with van der Waals surface area (Å²) < 4.78 is 12.3. The molecule has 5 rings (SSSR count). The number of unbranched alkanes of at least 4 members (excludes halogenated alkanes) is 1. The van der Waals surface area contributed by atoms with Crippen molar-refractivity contribution >= 4 is 23.5 Å². The van der Waals surface area contributed by atoms with Gasteiger partial charge in [0.1, 0.15) is 6.17 Å². The predicted molar refractivity (Wildman–Crippen MR) is 188 cm³/mol. The molecule has 0 bridgehead atoms. The lowest BCUT2D eigenvalue weighted by Gasteiger charge is -2.36. The first-order valence-corrected chi connectivity index (χ1v) is 19.7. The Kier molecular flexibility index (Phi) is 13.3. The summed E-state index contributed by atoms with van der Waals surface area (Å²) in [6.07, 6.45) is 17.7. The summed E-state index contributed by atoms with van der Waals surface area (Å²) in [7, 11) is 1.79. The Morgan fingerprint density at radius 1 is 1.12 bits per heavy atom. The van der Waals surface area contributed by atoms with Crippen molar-refractivity contribution in [2.24, 2.45) is 41.1 Å². The van der Waals surface area contributed by atoms with Gasteiger partial charge in [-0.1, -0.05) is 63.5 Å². The van der Waals surface area contributed by atoms with Crippen molar-refractivity contribution in [2.45, 2.75) is 140 Å². The molecule has 0 spiro atoms. The lowest BCUT2D eigenvalue weighted by molar-refractivity contribution is -0.699. The summed E-state index contributed by atoms with van der Waals surface area (Å²) in [4.78, 5) is 45.6. The van der Waals surface area contributed by atoms with Crippen LogP contribution in [0.3, 0.4) is 0 Å². The third-order valence-corrected chi connectivity index (χ3v) is 12.5. The number of quaternary nitrogens is 2. The van der Waals surface area contributed by atoms with Crippen LogP contribution in [0.25, 0.3) is 0 Å². The smallest absolute Gasteiger partial charge is 0.350 e. The van der Waals surface area contributed by atoms with Crippen LogP contribution < -0.4 is 32.4 Å². The third kappa shape index (κ3) is 8.59. The highest BCUT2D eigenvalue weighted by Gasteiger charge is 2.86. The van der Waals surface area contributed by atoms with Crippen molar-refractivity contribution in [3.8, 4) is 0 Å². The summed E-state index contributed by atoms with van der Waals surface area (Å²) in [6.45, 7) is 7.46. The number of fused-ring (bicyclic) bond motifs is 2. The summed E-state index contributed by atoms with van der Waals surface area (Å²) in [5.74, 6) is -0.00169. The minimum atomic E-state index is -1.82. The van der Waals surface area contributed by atoms with Crippen LogP contribution in [0, 0.1) is 29.6 Å². The molecule has 2 saturated heterocycles. The zero-order valence-corrected chi connectivity index (χ0v) is 30.6. The second-order valence-corrected chi connectivity index (χ2v) is 16.1. The fourth-order valence-electron chi connectivity index (χ4n) is 9.48. The Labute approximate surface area is 293 Å². The van der Waals surface area contributed by atoms with Crippen molar-refractivity contribution in [1.29, 1.82) is 0 Å². The number of guanidine groups is 1. The molecule has 2 aliphatic heterocycles. The van der Waals surface area contributed by atoms with Gasteiger partial charge in [0.05, 0.1) is 39.3 Å². The standard InChI is InChI=1S/C38H64N6O5/c1-4-5-11-27(23-42-22-26-12-7-6-8-13-26)24-48-35(47)38-34(46)30-15-10-9-14-29(30)33(45)37(38,49-38)18-16-25(2)20-31(44-36(40)41-3)28-17-19-43-32(39)21-28/h16,26-32,42-43H,4-15,17-24,39H2,1-3H3,(H3,40,41,44)/p+3/t27-,28?,29?,30?,31-,32?,37+,38+/m1/s1. The number of rotatable bonds is 16. The molecular weight excluding hydrogens is 620 g/mol. The van der Waals surface area contributed by atoms with E-state index in [0.717, 1.165) is 76.1 Å². The van der Waals surface area contributed by atoms with Gasteiger partial charge in [-0.05, 0) is 39.0 Å². The summed E-state index contributed by atoms with van der Waals surface area (Å²) >= 11 is 0. The number of carbonyl (C=O) groups excluding carboxylic acids is 3. The number of nitrogens with one attached hydrogen (secondary N) is 2. The maximum Gasteiger partial charge on any atom is 0.350 e. The van der Waals surface area contributed by atoms with Crippen LogP contribution in [0.1, 0.15) is 117 Å². The Morgan fingerprint density at radius 2 is 1.84 bits per heavy atom. The van der Waals surface area contributed by atoms with E-state index in [4.69, 9.17) is 20.9 Å². The zero-order valence-electron chi connectivity index (χ0n) is 30.6. The topological polar surface area (TPSA) is 184 Å². The number of piperidine rings is 1. The Balaban J connectivity index is 1.29. The second-order valence-electron chi connectivity index (χ2n) is 16.1. The molecule has 49 heavy (non-hydrogen) atoms. The number of ketones is 2. The highest BCUT2D eigenvalue weighted by molar-refractivity contribution is 6.23. The van der Waals surface area contributed by atoms with Crippen LogP contribution in [-0.2, 0) is 23.9 Å². The van der Waals surface area contributed by atoms with Crippen LogP contribution >= 0.6 is 0 Å². The Hall–Kier alpha value is -2.34. The maximum absolute atomic E-state index is 14.3. The van der Waals surface area contributed by atoms with Crippen molar-refractivity contribution in [3.63, 3.8) is 0 Å². The molecule has 5 aliphatic rings. The molecule has 11 heteroatoms. The van der Waals surface area contributed by atoms with Crippen LogP contribution in [0.15, 0.2) is 11.6 Å². The molecule has 10 N–H and O–H groups in total. The molecule has 0 amide bonds. The van der Waals surface area contributed by atoms with E-state index in [2.05, 4.69) is 27.9 Å². The number of epoxide rings is 1. The molecular formula is C38H67N6O5+3. The van der Waals surface area contributed by atoms with Gasteiger partial charge in [0.25, 0.3) is 5.60 Å². The first kappa shape index (κ1) is 37.9. The van der Waals surface area contributed by atoms with Gasteiger partial charge < -0.3 is 20.1 Å². The van der Waals surface area contributed by atoms with Crippen LogP contribution in [0.5, 0.6) is 0 Å². The molecule has 4 unspecified atom stereocenters. The number of nitrogens with two attached hydrogens (primary N) is 4. The lowest BCUT2D eigenvalue weighted by Crippen LogP contribution is -2.95. The molecule has 11 nitrogen and oxygen atoms in total. The average molecular weight is 688 g/mol. The summed E-state index contributed by atoms with van der Waals surface area (Å²) in [5.41, 5.74) is 10.2. The van der Waals surface area contributed by atoms with E-state index in [-0.39, 0.29) is 48.6 Å². The summed E-state index contributed by atoms with van der Waals surface area (Å²) in [5, 5.41) is 8.02. The van der Waals surface area contributed by atoms with E-state index in [9.17, 15) is 14.4 Å². The Morgan fingerprint density at radius 3 is 2.53 bits per heavy atom. The molecule has 0 radical (unpaired) electrons. The van der Waals surface area contributed by atoms with Crippen molar-refractivity contribution in [1.82, 2.24) is 5.32 Å². The average Bonchev–Trinajstić information content (AvgIpc) is 3.83. The number of hydrogen-bond donors (Lipinski definition) is 6. The number of carbonyl (C=O) groups is 3. The lowest BCUT2D eigenvalue weighted by atomic mass is 9.61. The van der Waals surface area contributed by atoms with Crippen molar-refractivity contribution in [2.75, 3.05) is 33.3 Å². The third-order valence-electron chi connectivity index (χ3n) is 12.5. The van der Waals surface area contributed by atoms with Gasteiger partial charge in [0.15, 0.2) is 17.2 Å². The molecule has 0 aromatic carbocycles. The largest absolute Gasteiger partial charge is 0.463 e. The number of Topliss-reactive ketones (excluding diaryl/α,β-unsaturated/α-hetero) is 2. The highest BCUT2D eigenvalue weighted by Crippen LogP contribution is 2.61. The van der Waals surface area contributed by atoms with E-state index < -0.39 is 23.1 Å². The SMILES string of the molecule is CCCC[C@H](C[NH2+]CC1CCCCC1)COC(=O)[C@]12O[C@@]1(CC=C(C)C[C@@H](NC(N)=[NH+]C)C1CC[NH2+]C(N)C1)C(=O)C1CCCCC1C2=O. The first-order valence-electron chi connectivity index (χ1n) is 19.7. The van der Waals surface area contributed by atoms with Crippen LogP contribution in [0.4, 0.5) is 0 Å². The normalized spacial score (nSPS) is 33.7. The molecule has 0 aromatic rings. The van der Waals surface area contributed by atoms with Gasteiger partial charge >= 0.3 is 11.9 Å². The van der Waals surface area contributed by atoms with Gasteiger partial charge in [0.2, 0.25) is 0 Å². The fraction of sp³-hybridized carbons (Fsp3) is 0.842. The van der Waals surface area contributed by atoms with Gasteiger partial charge in [-0.15, -0.1) is 0 Å². The quantitative estimate of drug-likeness (QED) is 0.0325. The fourth-order valence-corrected chi connectivity index (χ4v) is 9.48. The monoisotopic (exact) mass is 688 g/mol. The van der Waals surface area contributed by atoms with Gasteiger partial charge in [-0.3, -0.25) is 31.4 Å². The molecule has 3 saturated carbocycles. The number of hydrogen-bond acceptors (Lipinski definition) is 6. The van der Waals surface area contributed by atoms with E-state index >= 15 is 0 Å². The minimum absolute atomic E-state index is 0.0529. The van der Waals surface area contributed by atoms with Gasteiger partial charge in [0, 0.05) is 55.3 Å². The molecule has 0 aromatic heterocycles. The van der Waals surface area contributed by atoms with E-state index in [1.54, 1.807) is 7.05 Å². The zero-order chi connectivity index (χ0) is 35.0. The van der Waals surface area contributed by atoms with Crippen LogP contribution in [-0.4, -0.2) is 80.2 Å². The summed E-state index contributed by atoms with van der Waals surface area (Å²) in [6, 6.07) is 0.0529. The molecule has 276 valence electrons. The minimum Gasteiger partial charge on any atom is -0.463 e. The molecule has 2 heterocycles. The first-order chi connectivity index (χ1) is 23.6. The number of esters is 1. The highest BCUT2D eigenvalue weighted by atomic mass is 16.7.